The molecule has 1 saturated carbocycles. The number of fused-ring (bicyclic) bond motifs is 2. The molecule has 1 N–H and O–H groups in total. The van der Waals surface area contributed by atoms with Gasteiger partial charge in [0.05, 0.1) is 25.2 Å². The zero-order chi connectivity index (χ0) is 42.5. The number of piperidine rings is 2. The van der Waals surface area contributed by atoms with Crippen LogP contribution in [0.2, 0.25) is 0 Å². The zero-order valence-electron chi connectivity index (χ0n) is 35.1. The van der Waals surface area contributed by atoms with E-state index in [4.69, 9.17) is 9.47 Å². The summed E-state index contributed by atoms with van der Waals surface area (Å²) < 4.78 is 13.6. The van der Waals surface area contributed by atoms with E-state index in [1.54, 1.807) is 32.0 Å². The summed E-state index contributed by atoms with van der Waals surface area (Å²) in [4.78, 5) is 76.7. The molecule has 15 heteroatoms. The standard InChI is InChI=1S/C46H53N7O8/c1-48-26-36(34-23-38(29-4-5-29)47-24-35(34)43(48)55)31-20-40(60-2)37(41(21-31)61-3)27-50-14-11-28(12-15-50)10-13-49-16-18-51(19-17-49)32-7-6-30-25-52(44(56)33(30)22-32)39-8-9-42(54)53(45(39)57)46(58)59/h6-7,20-24,26,28-29,39H,4-5,8-19,25,27H2,1-3H3,(H,58,59). The molecule has 15 nitrogen and oxygen atoms in total. The lowest BCUT2D eigenvalue weighted by molar-refractivity contribution is -0.149. The molecule has 1 unspecified atom stereocenters. The lowest BCUT2D eigenvalue weighted by Gasteiger charge is -2.38. The predicted molar refractivity (Wildman–Crippen MR) is 228 cm³/mol. The summed E-state index contributed by atoms with van der Waals surface area (Å²) in [6.45, 7) is 7.50. The van der Waals surface area contributed by atoms with E-state index >= 15 is 0 Å². The Hall–Kier alpha value is -5.80. The first-order valence-electron chi connectivity index (χ1n) is 21.5. The molecule has 0 spiro atoms. The van der Waals surface area contributed by atoms with E-state index in [1.165, 1.54) is 4.90 Å². The molecule has 2 aromatic carbocycles. The maximum atomic E-state index is 13.5. The third kappa shape index (κ3) is 7.85. The average Bonchev–Trinajstić information content (AvgIpc) is 4.08. The van der Waals surface area contributed by atoms with Crippen molar-refractivity contribution in [3.05, 3.63) is 81.5 Å². The number of benzene rings is 2. The third-order valence-electron chi connectivity index (χ3n) is 13.6. The van der Waals surface area contributed by atoms with Crippen molar-refractivity contribution in [3.63, 3.8) is 0 Å². The second-order valence-corrected chi connectivity index (χ2v) is 17.3. The van der Waals surface area contributed by atoms with Crippen molar-refractivity contribution in [1.29, 1.82) is 0 Å². The van der Waals surface area contributed by atoms with Gasteiger partial charge in [-0.25, -0.2) is 4.79 Å². The summed E-state index contributed by atoms with van der Waals surface area (Å²) in [6, 6.07) is 11.1. The molecule has 320 valence electrons. The fourth-order valence-electron chi connectivity index (χ4n) is 9.77. The summed E-state index contributed by atoms with van der Waals surface area (Å²) in [5.74, 6) is 0.745. The van der Waals surface area contributed by atoms with Crippen LogP contribution >= 0.6 is 0 Å². The Kier molecular flexibility index (Phi) is 11.0. The maximum Gasteiger partial charge on any atom is 0.421 e. The number of hydrogen-bond acceptors (Lipinski definition) is 11. The number of rotatable bonds is 11. The van der Waals surface area contributed by atoms with Crippen molar-refractivity contribution >= 4 is 40.3 Å². The number of ether oxygens (including phenoxy) is 2. The number of aromatic nitrogens is 2. The normalized spacial score (nSPS) is 20.5. The minimum Gasteiger partial charge on any atom is -0.496 e. The molecular formula is C46H53N7O8. The highest BCUT2D eigenvalue weighted by Crippen LogP contribution is 2.42. The van der Waals surface area contributed by atoms with Crippen LogP contribution in [-0.4, -0.2) is 124 Å². The summed E-state index contributed by atoms with van der Waals surface area (Å²) in [5.41, 5.74) is 6.18. The van der Waals surface area contributed by atoms with Crippen LogP contribution in [0, 0.1) is 5.92 Å². The molecule has 1 aliphatic carbocycles. The first kappa shape index (κ1) is 40.6. The lowest BCUT2D eigenvalue weighted by Crippen LogP contribution is -2.56. The quantitative estimate of drug-likeness (QED) is 0.201. The number of carbonyl (C=O) groups excluding carboxylic acids is 3. The molecule has 4 aromatic rings. The molecule has 61 heavy (non-hydrogen) atoms. The van der Waals surface area contributed by atoms with Crippen LogP contribution < -0.4 is 19.9 Å². The van der Waals surface area contributed by atoms with Gasteiger partial charge in [-0.1, -0.05) is 6.07 Å². The van der Waals surface area contributed by atoms with Crippen LogP contribution in [0.4, 0.5) is 10.5 Å². The number of pyridine rings is 2. The van der Waals surface area contributed by atoms with Crippen LogP contribution in [-0.2, 0) is 29.7 Å². The molecule has 6 heterocycles. The van der Waals surface area contributed by atoms with Crippen LogP contribution in [0.15, 0.2) is 53.6 Å². The van der Waals surface area contributed by atoms with E-state index in [9.17, 15) is 29.1 Å². The number of imide groups is 3. The molecule has 1 atom stereocenters. The van der Waals surface area contributed by atoms with Gasteiger partial charge < -0.3 is 28.9 Å². The van der Waals surface area contributed by atoms with Crippen LogP contribution in [0.25, 0.3) is 21.9 Å². The highest BCUT2D eigenvalue weighted by atomic mass is 16.5. The summed E-state index contributed by atoms with van der Waals surface area (Å²) in [5, 5.41) is 10.9. The number of piperazine rings is 1. The molecule has 4 fully saturated rings. The van der Waals surface area contributed by atoms with E-state index in [0.29, 0.717) is 22.8 Å². The number of methoxy groups -OCH3 is 2. The van der Waals surface area contributed by atoms with Crippen LogP contribution in [0.1, 0.15) is 78.0 Å². The average molecular weight is 832 g/mol. The summed E-state index contributed by atoms with van der Waals surface area (Å²) in [7, 11) is 5.18. The van der Waals surface area contributed by atoms with Gasteiger partial charge in [-0.3, -0.25) is 34.0 Å². The molecule has 9 rings (SSSR count). The molecular weight excluding hydrogens is 779 g/mol. The number of likely N-dealkylation sites (tertiary alicyclic amines) is 2. The van der Waals surface area contributed by atoms with Crippen molar-refractivity contribution in [2.75, 3.05) is 64.9 Å². The van der Waals surface area contributed by atoms with Crippen LogP contribution in [0.5, 0.6) is 11.5 Å². The van der Waals surface area contributed by atoms with E-state index < -0.39 is 23.9 Å². The number of amides is 4. The van der Waals surface area contributed by atoms with Crippen LogP contribution in [0.3, 0.4) is 0 Å². The minimum absolute atomic E-state index is 0.0623. The van der Waals surface area contributed by atoms with Gasteiger partial charge in [0.2, 0.25) is 5.91 Å². The first-order chi connectivity index (χ1) is 29.5. The Morgan fingerprint density at radius 1 is 0.836 bits per heavy atom. The highest BCUT2D eigenvalue weighted by Gasteiger charge is 2.45. The van der Waals surface area contributed by atoms with Gasteiger partial charge in [0, 0.05) is 93.6 Å². The number of carbonyl (C=O) groups is 4. The van der Waals surface area contributed by atoms with Gasteiger partial charge in [-0.05, 0) is 111 Å². The Morgan fingerprint density at radius 2 is 1.56 bits per heavy atom. The monoisotopic (exact) mass is 831 g/mol. The largest absolute Gasteiger partial charge is 0.496 e. The molecule has 0 bridgehead atoms. The predicted octanol–water partition coefficient (Wildman–Crippen LogP) is 5.07. The van der Waals surface area contributed by atoms with E-state index in [-0.39, 0.29) is 35.8 Å². The third-order valence-corrected chi connectivity index (χ3v) is 13.6. The zero-order valence-corrected chi connectivity index (χ0v) is 35.1. The molecule has 4 aliphatic heterocycles. The minimum atomic E-state index is -1.61. The molecule has 0 radical (unpaired) electrons. The summed E-state index contributed by atoms with van der Waals surface area (Å²) in [6.07, 6.45) is 7.71. The van der Waals surface area contributed by atoms with Gasteiger partial charge in [0.15, 0.2) is 0 Å². The van der Waals surface area contributed by atoms with Gasteiger partial charge in [0.1, 0.15) is 17.5 Å². The second-order valence-electron chi connectivity index (χ2n) is 17.3. The summed E-state index contributed by atoms with van der Waals surface area (Å²) >= 11 is 0. The SMILES string of the molecule is COc1cc(-c2cn(C)c(=O)c3cnc(C4CC4)cc23)cc(OC)c1CN1CCC(CCN2CCN(c3ccc4c(c3)C(=O)N(C3CCC(=O)N(C(=O)O)C3=O)C4)CC2)CC1. The second kappa shape index (κ2) is 16.6. The Balaban J connectivity index is 0.775. The van der Waals surface area contributed by atoms with E-state index in [1.807, 2.05) is 24.4 Å². The Labute approximate surface area is 354 Å². The molecule has 2 aromatic heterocycles. The van der Waals surface area contributed by atoms with Crippen molar-refractivity contribution < 1.29 is 33.8 Å². The van der Waals surface area contributed by atoms with E-state index in [0.717, 1.165) is 135 Å². The van der Waals surface area contributed by atoms with Crippen molar-refractivity contribution in [2.24, 2.45) is 13.0 Å². The number of aryl methyl sites for hydroxylation is 1. The smallest absolute Gasteiger partial charge is 0.421 e. The molecule has 4 amide bonds. The fraction of sp³-hybridized carbons (Fsp3) is 0.478. The number of anilines is 1. The van der Waals surface area contributed by atoms with Crippen molar-refractivity contribution in [1.82, 2.24) is 29.2 Å². The number of hydrogen-bond donors (Lipinski definition) is 1. The molecule has 5 aliphatic rings. The van der Waals surface area contributed by atoms with Gasteiger partial charge >= 0.3 is 6.09 Å². The number of carboxylic acid groups (broad SMARTS) is 1. The molecule has 3 saturated heterocycles. The van der Waals surface area contributed by atoms with Gasteiger partial charge in [-0.15, -0.1) is 0 Å². The first-order valence-corrected chi connectivity index (χ1v) is 21.5. The topological polar surface area (TPSA) is 158 Å². The number of nitrogens with zero attached hydrogens (tertiary/aromatic N) is 7. The maximum absolute atomic E-state index is 13.5. The van der Waals surface area contributed by atoms with Crippen molar-refractivity contribution in [3.8, 4) is 22.6 Å². The van der Waals surface area contributed by atoms with E-state index in [2.05, 4.69) is 37.9 Å². The lowest BCUT2D eigenvalue weighted by atomic mass is 9.92. The Morgan fingerprint density at radius 3 is 2.23 bits per heavy atom. The highest BCUT2D eigenvalue weighted by molar-refractivity contribution is 6.13. The van der Waals surface area contributed by atoms with Gasteiger partial charge in [-0.2, -0.15) is 4.90 Å². The van der Waals surface area contributed by atoms with Crippen molar-refractivity contribution in [2.45, 2.75) is 70.0 Å². The fourth-order valence-corrected chi connectivity index (χ4v) is 9.77. The van der Waals surface area contributed by atoms with Gasteiger partial charge in [0.25, 0.3) is 17.4 Å². The Bertz CT molecular complexity index is 2440.